The van der Waals surface area contributed by atoms with Crippen molar-refractivity contribution in [1.29, 1.82) is 0 Å². The minimum Gasteiger partial charge on any atom is -0.624 e. The van der Waals surface area contributed by atoms with E-state index in [0.717, 1.165) is 5.56 Å². The summed E-state index contributed by atoms with van der Waals surface area (Å²) in [5.41, 5.74) is 7.76. The summed E-state index contributed by atoms with van der Waals surface area (Å²) in [4.78, 5) is 0. The van der Waals surface area contributed by atoms with Crippen molar-refractivity contribution in [1.82, 2.24) is 0 Å². The summed E-state index contributed by atoms with van der Waals surface area (Å²) in [6.45, 7) is 5.27. The van der Waals surface area contributed by atoms with Crippen molar-refractivity contribution in [3.63, 3.8) is 0 Å². The zero-order valence-corrected chi connectivity index (χ0v) is 7.00. The van der Waals surface area contributed by atoms with Gasteiger partial charge in [-0.1, -0.05) is 0 Å². The molecule has 0 heterocycles. The van der Waals surface area contributed by atoms with Crippen LogP contribution in [0.15, 0.2) is 31.0 Å². The van der Waals surface area contributed by atoms with Crippen LogP contribution < -0.4 is 10.8 Å². The van der Waals surface area contributed by atoms with E-state index in [0.29, 0.717) is 11.4 Å². The van der Waals surface area contributed by atoms with Gasteiger partial charge in [-0.2, -0.15) is 0 Å². The number of hydroxylamine groups is 1. The van der Waals surface area contributed by atoms with Gasteiger partial charge in [-0.05, 0) is 25.6 Å². The van der Waals surface area contributed by atoms with Crippen molar-refractivity contribution in [2.45, 2.75) is 6.92 Å². The molecule has 1 atom stereocenters. The van der Waals surface area contributed by atoms with Gasteiger partial charge >= 0.3 is 0 Å². The van der Waals surface area contributed by atoms with Crippen LogP contribution in [0.2, 0.25) is 0 Å². The molecule has 0 spiro atoms. The highest BCUT2D eigenvalue weighted by atomic mass is 16.5. The third kappa shape index (κ3) is 1.64. The predicted octanol–water partition coefficient (Wildman–Crippen LogP) is 0.735. The van der Waals surface area contributed by atoms with E-state index in [2.05, 4.69) is 6.58 Å². The van der Waals surface area contributed by atoms with E-state index in [1.165, 1.54) is 6.20 Å². The molecule has 0 amide bonds. The van der Waals surface area contributed by atoms with Crippen LogP contribution in [-0.4, -0.2) is 0 Å². The topological polar surface area (TPSA) is 53.5 Å². The summed E-state index contributed by atoms with van der Waals surface area (Å²) in [5, 5.41) is 11.1. The minimum absolute atomic E-state index is 0.0625. The van der Waals surface area contributed by atoms with E-state index in [-0.39, 0.29) is 5.06 Å². The molecule has 12 heavy (non-hydrogen) atoms. The number of nitrogens with one attached hydrogen (secondary N) is 1. The number of hydrogen-bond acceptors (Lipinski definition) is 2. The van der Waals surface area contributed by atoms with Crippen LogP contribution in [-0.2, 0) is 0 Å². The highest BCUT2D eigenvalue weighted by molar-refractivity contribution is 5.50. The highest BCUT2D eigenvalue weighted by Crippen LogP contribution is 2.13. The normalized spacial score (nSPS) is 12.5. The molecule has 0 saturated carbocycles. The second-order valence-electron chi connectivity index (χ2n) is 2.64. The standard InChI is InChI=1S/C9H12N2O/c1-3-11(12)9-5-4-8(10)6-7(9)2/h3-6,11H,1,10H2,2H3. The lowest BCUT2D eigenvalue weighted by molar-refractivity contribution is -0.714. The Labute approximate surface area is 71.7 Å². The maximum Gasteiger partial charge on any atom is 0.138 e. The van der Waals surface area contributed by atoms with Gasteiger partial charge in [-0.25, -0.2) is 0 Å². The van der Waals surface area contributed by atoms with Crippen LogP contribution in [0.1, 0.15) is 5.56 Å². The maximum absolute atomic E-state index is 11.2. The van der Waals surface area contributed by atoms with Crippen LogP contribution in [0.3, 0.4) is 0 Å². The third-order valence-corrected chi connectivity index (χ3v) is 1.70. The molecule has 0 bridgehead atoms. The van der Waals surface area contributed by atoms with Crippen molar-refractivity contribution in [2.75, 3.05) is 5.73 Å². The monoisotopic (exact) mass is 164 g/mol. The van der Waals surface area contributed by atoms with Crippen LogP contribution >= 0.6 is 0 Å². The molecular formula is C9H12N2O. The van der Waals surface area contributed by atoms with Gasteiger partial charge in [0.05, 0.1) is 6.20 Å². The molecule has 0 saturated heterocycles. The number of nitrogen functional groups attached to an aromatic ring is 1. The molecule has 0 fully saturated rings. The average molecular weight is 164 g/mol. The minimum atomic E-state index is -0.0625. The molecule has 64 valence electrons. The van der Waals surface area contributed by atoms with Crippen LogP contribution in [0, 0.1) is 12.1 Å². The average Bonchev–Trinajstić information content (AvgIpc) is 2.03. The molecule has 3 N–H and O–H groups in total. The first-order chi connectivity index (χ1) is 5.65. The van der Waals surface area contributed by atoms with E-state index in [1.54, 1.807) is 18.2 Å². The smallest absolute Gasteiger partial charge is 0.138 e. The molecule has 0 aliphatic heterocycles. The number of aryl methyl sites for hydroxylation is 1. The Kier molecular flexibility index (Phi) is 2.47. The van der Waals surface area contributed by atoms with Crippen LogP contribution in [0.5, 0.6) is 0 Å². The lowest BCUT2D eigenvalue weighted by Gasteiger charge is -2.18. The molecule has 3 nitrogen and oxygen atoms in total. The van der Waals surface area contributed by atoms with Gasteiger partial charge in [0.25, 0.3) is 0 Å². The SMILES string of the molecule is C=C[NH+]([O-])c1ccc(N)cc1C. The first-order valence-corrected chi connectivity index (χ1v) is 3.68. The zero-order valence-electron chi connectivity index (χ0n) is 7.00. The molecule has 0 aliphatic carbocycles. The Morgan fingerprint density at radius 3 is 2.75 bits per heavy atom. The molecular weight excluding hydrogens is 152 g/mol. The molecule has 1 rings (SSSR count). The summed E-state index contributed by atoms with van der Waals surface area (Å²) in [5.74, 6) is 0. The first kappa shape index (κ1) is 8.77. The van der Waals surface area contributed by atoms with Crippen LogP contribution in [0.25, 0.3) is 0 Å². The maximum atomic E-state index is 11.2. The fourth-order valence-corrected chi connectivity index (χ4v) is 1.07. The van der Waals surface area contributed by atoms with Gasteiger partial charge in [0.15, 0.2) is 0 Å². The predicted molar refractivity (Wildman–Crippen MR) is 49.8 cm³/mol. The Morgan fingerprint density at radius 2 is 2.25 bits per heavy atom. The Hall–Kier alpha value is -1.32. The van der Waals surface area contributed by atoms with Gasteiger partial charge in [-0.15, -0.1) is 0 Å². The van der Waals surface area contributed by atoms with Crippen molar-refractivity contribution in [3.8, 4) is 0 Å². The molecule has 0 aromatic heterocycles. The number of anilines is 1. The van der Waals surface area contributed by atoms with Crippen molar-refractivity contribution >= 4 is 11.4 Å². The van der Waals surface area contributed by atoms with E-state index in [4.69, 9.17) is 5.73 Å². The second kappa shape index (κ2) is 3.38. The fourth-order valence-electron chi connectivity index (χ4n) is 1.07. The summed E-state index contributed by atoms with van der Waals surface area (Å²) in [7, 11) is 0. The zero-order chi connectivity index (χ0) is 9.14. The lowest BCUT2D eigenvalue weighted by atomic mass is 10.2. The summed E-state index contributed by atoms with van der Waals surface area (Å²) in [6.07, 6.45) is 1.30. The number of rotatable bonds is 2. The van der Waals surface area contributed by atoms with Crippen LogP contribution in [0.4, 0.5) is 11.4 Å². The van der Waals surface area contributed by atoms with E-state index in [1.807, 2.05) is 6.92 Å². The van der Waals surface area contributed by atoms with Gasteiger partial charge in [0.1, 0.15) is 5.69 Å². The largest absolute Gasteiger partial charge is 0.624 e. The highest BCUT2D eigenvalue weighted by Gasteiger charge is 2.02. The van der Waals surface area contributed by atoms with Crippen molar-refractivity contribution in [3.05, 3.63) is 41.7 Å². The molecule has 0 aliphatic rings. The van der Waals surface area contributed by atoms with Crippen molar-refractivity contribution < 1.29 is 5.06 Å². The first-order valence-electron chi connectivity index (χ1n) is 3.68. The number of benzene rings is 1. The number of quaternary nitrogens is 1. The fraction of sp³-hybridized carbons (Fsp3) is 0.111. The molecule has 3 heteroatoms. The summed E-state index contributed by atoms with van der Waals surface area (Å²) in [6, 6.07) is 5.20. The van der Waals surface area contributed by atoms with Gasteiger partial charge in [-0.3, -0.25) is 0 Å². The quantitative estimate of drug-likeness (QED) is 0.500. The van der Waals surface area contributed by atoms with Gasteiger partial charge < -0.3 is 16.0 Å². The van der Waals surface area contributed by atoms with E-state index in [9.17, 15) is 5.21 Å². The summed E-state index contributed by atoms with van der Waals surface area (Å²) >= 11 is 0. The molecule has 1 aromatic carbocycles. The Morgan fingerprint density at radius 1 is 1.58 bits per heavy atom. The summed E-state index contributed by atoms with van der Waals surface area (Å²) < 4.78 is 0. The Balaban J connectivity index is 3.09. The van der Waals surface area contributed by atoms with E-state index < -0.39 is 0 Å². The third-order valence-electron chi connectivity index (χ3n) is 1.70. The number of hydrogen-bond donors (Lipinski definition) is 2. The van der Waals surface area contributed by atoms with Gasteiger partial charge in [0, 0.05) is 17.3 Å². The van der Waals surface area contributed by atoms with Crippen molar-refractivity contribution in [2.24, 2.45) is 0 Å². The number of nitrogens with two attached hydrogens (primary N) is 1. The molecule has 1 unspecified atom stereocenters. The Bertz CT molecular complexity index is 297. The van der Waals surface area contributed by atoms with E-state index >= 15 is 0 Å². The molecule has 1 aromatic rings. The molecule has 0 radical (unpaired) electrons. The second-order valence-corrected chi connectivity index (χ2v) is 2.64. The van der Waals surface area contributed by atoms with Gasteiger partial charge in [0.2, 0.25) is 0 Å². The lowest BCUT2D eigenvalue weighted by Crippen LogP contribution is -2.96.